The topological polar surface area (TPSA) is 114 Å². The average Bonchev–Trinajstić information content (AvgIpc) is 2.96. The summed E-state index contributed by atoms with van der Waals surface area (Å²) in [6, 6.07) is 1.53. The van der Waals surface area contributed by atoms with Crippen molar-refractivity contribution in [2.24, 2.45) is 23.3 Å². The van der Waals surface area contributed by atoms with E-state index in [0.717, 1.165) is 19.3 Å². The second kappa shape index (κ2) is 5.22. The molecule has 0 aliphatic heterocycles. The molecule has 0 aromatic carbocycles. The Kier molecular flexibility index (Phi) is 3.66. The van der Waals surface area contributed by atoms with Crippen molar-refractivity contribution >= 4 is 17.5 Å². The number of nitrogens with two attached hydrogens (primary N) is 2. The van der Waals surface area contributed by atoms with Crippen molar-refractivity contribution in [2.75, 3.05) is 11.9 Å². The van der Waals surface area contributed by atoms with Gasteiger partial charge in [-0.25, -0.2) is 0 Å². The molecule has 2 atom stereocenters. The number of nitrogens with one attached hydrogen (secondary N) is 2. The Morgan fingerprint density at radius 3 is 2.83 bits per heavy atom. The van der Waals surface area contributed by atoms with E-state index >= 15 is 0 Å². The number of H-pyrrole nitrogens is 1. The van der Waals surface area contributed by atoms with Gasteiger partial charge in [-0.15, -0.1) is 0 Å². The first kappa shape index (κ1) is 12.6. The molecule has 0 unspecified atom stereocenters. The summed E-state index contributed by atoms with van der Waals surface area (Å²) in [6.45, 7) is 0.539. The van der Waals surface area contributed by atoms with E-state index in [1.165, 1.54) is 6.07 Å². The zero-order valence-electron chi connectivity index (χ0n) is 10.1. The van der Waals surface area contributed by atoms with E-state index in [2.05, 4.69) is 10.3 Å². The molecule has 1 aliphatic rings. The lowest BCUT2D eigenvalue weighted by atomic mass is 9.95. The van der Waals surface area contributed by atoms with Crippen molar-refractivity contribution in [1.29, 1.82) is 0 Å². The SMILES string of the molecule is NC[C@H]1CCC[C@H]1C(=O)Nc1c[nH]c(C(N)=O)c1. The van der Waals surface area contributed by atoms with Crippen molar-refractivity contribution in [2.45, 2.75) is 19.3 Å². The number of carbonyl (C=O) groups excluding carboxylic acids is 2. The first-order chi connectivity index (χ1) is 8.61. The minimum Gasteiger partial charge on any atom is -0.364 e. The summed E-state index contributed by atoms with van der Waals surface area (Å²) in [4.78, 5) is 25.7. The molecule has 6 N–H and O–H groups in total. The van der Waals surface area contributed by atoms with E-state index in [1.54, 1.807) is 6.20 Å². The number of anilines is 1. The van der Waals surface area contributed by atoms with Gasteiger partial charge in [0.15, 0.2) is 0 Å². The van der Waals surface area contributed by atoms with E-state index in [-0.39, 0.29) is 23.4 Å². The van der Waals surface area contributed by atoms with Crippen LogP contribution in [-0.4, -0.2) is 23.3 Å². The molecule has 1 aliphatic carbocycles. The van der Waals surface area contributed by atoms with E-state index in [0.29, 0.717) is 12.2 Å². The van der Waals surface area contributed by atoms with Crippen LogP contribution in [-0.2, 0) is 4.79 Å². The number of aromatic amines is 1. The highest BCUT2D eigenvalue weighted by atomic mass is 16.2. The van der Waals surface area contributed by atoms with Crippen molar-refractivity contribution in [1.82, 2.24) is 4.98 Å². The lowest BCUT2D eigenvalue weighted by Crippen LogP contribution is -2.29. The molecule has 1 saturated carbocycles. The summed E-state index contributed by atoms with van der Waals surface area (Å²) in [5.74, 6) is -0.337. The van der Waals surface area contributed by atoms with Crippen LogP contribution < -0.4 is 16.8 Å². The molecule has 0 spiro atoms. The summed E-state index contributed by atoms with van der Waals surface area (Å²) in [7, 11) is 0. The van der Waals surface area contributed by atoms with Crippen LogP contribution in [0.2, 0.25) is 0 Å². The fourth-order valence-electron chi connectivity index (χ4n) is 2.51. The molecule has 0 radical (unpaired) electrons. The Bertz CT molecular complexity index is 455. The smallest absolute Gasteiger partial charge is 0.265 e. The third-order valence-electron chi connectivity index (χ3n) is 3.51. The first-order valence-corrected chi connectivity index (χ1v) is 6.11. The van der Waals surface area contributed by atoms with Crippen LogP contribution in [0.3, 0.4) is 0 Å². The molecule has 1 aromatic rings. The van der Waals surface area contributed by atoms with Gasteiger partial charge in [0.2, 0.25) is 5.91 Å². The third kappa shape index (κ3) is 2.53. The number of amides is 2. The minimum atomic E-state index is -0.545. The van der Waals surface area contributed by atoms with Crippen LogP contribution in [0.25, 0.3) is 0 Å². The van der Waals surface area contributed by atoms with E-state index < -0.39 is 5.91 Å². The van der Waals surface area contributed by atoms with Crippen molar-refractivity contribution in [3.8, 4) is 0 Å². The summed E-state index contributed by atoms with van der Waals surface area (Å²) < 4.78 is 0. The molecule has 18 heavy (non-hydrogen) atoms. The second-order valence-corrected chi connectivity index (χ2v) is 4.69. The van der Waals surface area contributed by atoms with Gasteiger partial charge in [-0.05, 0) is 31.4 Å². The Balaban J connectivity index is 2.00. The van der Waals surface area contributed by atoms with Gasteiger partial charge in [-0.2, -0.15) is 0 Å². The van der Waals surface area contributed by atoms with Gasteiger partial charge in [0.05, 0.1) is 5.69 Å². The maximum atomic E-state index is 12.1. The Morgan fingerprint density at radius 2 is 2.22 bits per heavy atom. The fourth-order valence-corrected chi connectivity index (χ4v) is 2.51. The number of primary amides is 1. The Labute approximate surface area is 105 Å². The minimum absolute atomic E-state index is 0.0260. The van der Waals surface area contributed by atoms with E-state index in [1.807, 2.05) is 0 Å². The van der Waals surface area contributed by atoms with E-state index in [4.69, 9.17) is 11.5 Å². The molecule has 1 heterocycles. The van der Waals surface area contributed by atoms with Crippen LogP contribution in [0.5, 0.6) is 0 Å². The fraction of sp³-hybridized carbons (Fsp3) is 0.500. The predicted molar refractivity (Wildman–Crippen MR) is 67.8 cm³/mol. The van der Waals surface area contributed by atoms with Gasteiger partial charge in [0.1, 0.15) is 5.69 Å². The summed E-state index contributed by atoms with van der Waals surface area (Å²) >= 11 is 0. The lowest BCUT2D eigenvalue weighted by Gasteiger charge is -2.16. The van der Waals surface area contributed by atoms with Gasteiger partial charge in [0, 0.05) is 12.1 Å². The van der Waals surface area contributed by atoms with Crippen molar-refractivity contribution in [3.63, 3.8) is 0 Å². The standard InChI is InChI=1S/C12H18N4O2/c13-5-7-2-1-3-9(7)12(18)16-8-4-10(11(14)17)15-6-8/h4,6-7,9,15H,1-3,5,13H2,(H2,14,17)(H,16,18)/t7-,9-/m1/s1. The number of hydrogen-bond donors (Lipinski definition) is 4. The highest BCUT2D eigenvalue weighted by Crippen LogP contribution is 2.31. The molecular formula is C12H18N4O2. The number of rotatable bonds is 4. The van der Waals surface area contributed by atoms with Crippen LogP contribution in [0.4, 0.5) is 5.69 Å². The normalized spacial score (nSPS) is 22.9. The monoisotopic (exact) mass is 250 g/mol. The molecule has 0 bridgehead atoms. The van der Waals surface area contributed by atoms with Gasteiger partial charge in [-0.3, -0.25) is 9.59 Å². The maximum Gasteiger partial charge on any atom is 0.265 e. The van der Waals surface area contributed by atoms with Gasteiger partial charge in [0.25, 0.3) is 5.91 Å². The maximum absolute atomic E-state index is 12.1. The number of aromatic nitrogens is 1. The average molecular weight is 250 g/mol. The Morgan fingerprint density at radius 1 is 1.44 bits per heavy atom. The van der Waals surface area contributed by atoms with Gasteiger partial charge >= 0.3 is 0 Å². The summed E-state index contributed by atoms with van der Waals surface area (Å²) in [5.41, 5.74) is 11.6. The molecule has 2 rings (SSSR count). The molecule has 1 aromatic heterocycles. The Hall–Kier alpha value is -1.82. The van der Waals surface area contributed by atoms with Gasteiger partial charge in [-0.1, -0.05) is 6.42 Å². The molecular weight excluding hydrogens is 232 g/mol. The molecule has 6 heteroatoms. The van der Waals surface area contributed by atoms with Gasteiger partial charge < -0.3 is 21.8 Å². The lowest BCUT2D eigenvalue weighted by molar-refractivity contribution is -0.120. The van der Waals surface area contributed by atoms with Crippen molar-refractivity contribution < 1.29 is 9.59 Å². The van der Waals surface area contributed by atoms with E-state index in [9.17, 15) is 9.59 Å². The number of hydrogen-bond acceptors (Lipinski definition) is 3. The van der Waals surface area contributed by atoms with Crippen LogP contribution >= 0.6 is 0 Å². The molecule has 98 valence electrons. The third-order valence-corrected chi connectivity index (χ3v) is 3.51. The summed E-state index contributed by atoms with van der Waals surface area (Å²) in [5, 5.41) is 2.79. The number of carbonyl (C=O) groups is 2. The summed E-state index contributed by atoms with van der Waals surface area (Å²) in [6.07, 6.45) is 4.49. The second-order valence-electron chi connectivity index (χ2n) is 4.69. The van der Waals surface area contributed by atoms with Crippen molar-refractivity contribution in [3.05, 3.63) is 18.0 Å². The largest absolute Gasteiger partial charge is 0.364 e. The zero-order chi connectivity index (χ0) is 13.1. The van der Waals surface area contributed by atoms with Crippen LogP contribution in [0, 0.1) is 11.8 Å². The first-order valence-electron chi connectivity index (χ1n) is 6.11. The zero-order valence-corrected chi connectivity index (χ0v) is 10.1. The van der Waals surface area contributed by atoms with Crippen LogP contribution in [0.15, 0.2) is 12.3 Å². The van der Waals surface area contributed by atoms with Crippen LogP contribution in [0.1, 0.15) is 29.8 Å². The molecule has 0 saturated heterocycles. The molecule has 2 amide bonds. The highest BCUT2D eigenvalue weighted by Gasteiger charge is 2.31. The highest BCUT2D eigenvalue weighted by molar-refractivity contribution is 5.96. The predicted octanol–water partition coefficient (Wildman–Crippen LogP) is 0.427. The molecule has 6 nitrogen and oxygen atoms in total. The molecule has 1 fully saturated rings. The quantitative estimate of drug-likeness (QED) is 0.621.